The highest BCUT2D eigenvalue weighted by atomic mass is 16.5. The second kappa shape index (κ2) is 7.65. The number of nitrogens with one attached hydrogen (secondary N) is 1. The molecule has 1 aromatic carbocycles. The minimum atomic E-state index is -0.110. The second-order valence-electron chi connectivity index (χ2n) is 5.07. The van der Waals surface area contributed by atoms with Gasteiger partial charge in [0.15, 0.2) is 6.61 Å². The molecule has 0 aliphatic carbocycles. The van der Waals surface area contributed by atoms with Crippen LogP contribution in [-0.4, -0.2) is 32.3 Å². The largest absolute Gasteiger partial charge is 0.479 e. The smallest absolute Gasteiger partial charge is 0.310 e. The highest BCUT2D eigenvalue weighted by molar-refractivity contribution is 5.73. The average molecular weight is 288 g/mol. The second-order valence-corrected chi connectivity index (χ2v) is 5.07. The highest BCUT2D eigenvalue weighted by Crippen LogP contribution is 2.24. The molecule has 1 N–H and O–H groups in total. The molecule has 5 nitrogen and oxygen atoms in total. The van der Waals surface area contributed by atoms with Crippen LogP contribution in [0.5, 0.6) is 5.75 Å². The van der Waals surface area contributed by atoms with Gasteiger partial charge in [0, 0.05) is 6.54 Å². The third-order valence-electron chi connectivity index (χ3n) is 3.65. The number of rotatable bonds is 6. The van der Waals surface area contributed by atoms with E-state index in [1.807, 2.05) is 37.3 Å². The van der Waals surface area contributed by atoms with Gasteiger partial charge < -0.3 is 14.8 Å². The number of nitrogens with zero attached hydrogens (tertiary/aromatic N) is 1. The number of ether oxygens (including phenoxy) is 2. The summed E-state index contributed by atoms with van der Waals surface area (Å²) in [5.41, 5.74) is 1.15. The topological polar surface area (TPSA) is 71.3 Å². The maximum Gasteiger partial charge on any atom is 0.310 e. The lowest BCUT2D eigenvalue weighted by Crippen LogP contribution is -2.26. The van der Waals surface area contributed by atoms with E-state index in [4.69, 9.17) is 14.7 Å². The van der Waals surface area contributed by atoms with E-state index in [0.717, 1.165) is 18.5 Å². The molecule has 0 radical (unpaired) electrons. The molecule has 0 amide bonds. The number of esters is 1. The molecule has 0 spiro atoms. The zero-order valence-corrected chi connectivity index (χ0v) is 12.2. The van der Waals surface area contributed by atoms with Crippen LogP contribution in [0.2, 0.25) is 0 Å². The predicted octanol–water partition coefficient (Wildman–Crippen LogP) is 1.53. The fraction of sp³-hybridized carbons (Fsp3) is 0.500. The van der Waals surface area contributed by atoms with Gasteiger partial charge in [-0.2, -0.15) is 5.26 Å². The molecule has 0 bridgehead atoms. The van der Waals surface area contributed by atoms with Crippen molar-refractivity contribution in [2.24, 2.45) is 11.8 Å². The number of nitriles is 1. The first-order chi connectivity index (χ1) is 10.2. The molecule has 112 valence electrons. The maximum atomic E-state index is 11.9. The van der Waals surface area contributed by atoms with Crippen molar-refractivity contribution in [3.05, 3.63) is 29.8 Å². The van der Waals surface area contributed by atoms with Crippen molar-refractivity contribution in [3.8, 4) is 11.8 Å². The van der Waals surface area contributed by atoms with E-state index in [2.05, 4.69) is 5.32 Å². The number of carbonyl (C=O) groups is 1. The summed E-state index contributed by atoms with van der Waals surface area (Å²) in [4.78, 5) is 11.9. The summed E-state index contributed by atoms with van der Waals surface area (Å²) < 4.78 is 10.4. The van der Waals surface area contributed by atoms with Crippen molar-refractivity contribution < 1.29 is 14.3 Å². The predicted molar refractivity (Wildman–Crippen MR) is 77.7 cm³/mol. The molecular formula is C16H20N2O3. The van der Waals surface area contributed by atoms with Gasteiger partial charge in [0.25, 0.3) is 0 Å². The lowest BCUT2D eigenvalue weighted by atomic mass is 9.90. The SMILES string of the molecule is CCOC(=O)[C@H]1CNC[C@H]1Cc1ccc(OCC#N)cc1. The van der Waals surface area contributed by atoms with Gasteiger partial charge in [-0.3, -0.25) is 4.79 Å². The lowest BCUT2D eigenvalue weighted by molar-refractivity contribution is -0.148. The third-order valence-corrected chi connectivity index (χ3v) is 3.65. The number of hydrogen-bond acceptors (Lipinski definition) is 5. The van der Waals surface area contributed by atoms with Crippen LogP contribution in [-0.2, 0) is 16.0 Å². The van der Waals surface area contributed by atoms with E-state index in [9.17, 15) is 4.79 Å². The first kappa shape index (κ1) is 15.3. The van der Waals surface area contributed by atoms with Crippen molar-refractivity contribution in [1.29, 1.82) is 5.26 Å². The number of hydrogen-bond donors (Lipinski definition) is 1. The summed E-state index contributed by atoms with van der Waals surface area (Å²) in [6.45, 7) is 3.82. The van der Waals surface area contributed by atoms with Crippen LogP contribution in [0.4, 0.5) is 0 Å². The Balaban J connectivity index is 1.94. The molecule has 1 saturated heterocycles. The molecule has 1 heterocycles. The molecule has 2 atom stereocenters. The first-order valence-corrected chi connectivity index (χ1v) is 7.20. The molecule has 0 aromatic heterocycles. The van der Waals surface area contributed by atoms with E-state index in [1.165, 1.54) is 0 Å². The molecule has 1 aromatic rings. The monoisotopic (exact) mass is 288 g/mol. The summed E-state index contributed by atoms with van der Waals surface area (Å²) in [6, 6.07) is 9.61. The van der Waals surface area contributed by atoms with Crippen LogP contribution in [0.1, 0.15) is 12.5 Å². The lowest BCUT2D eigenvalue weighted by Gasteiger charge is -2.17. The van der Waals surface area contributed by atoms with Crippen molar-refractivity contribution in [2.45, 2.75) is 13.3 Å². The van der Waals surface area contributed by atoms with Crippen LogP contribution in [0.15, 0.2) is 24.3 Å². The maximum absolute atomic E-state index is 11.9. The molecule has 5 heteroatoms. The summed E-state index contributed by atoms with van der Waals surface area (Å²) in [6.07, 6.45) is 0.828. The van der Waals surface area contributed by atoms with Gasteiger partial charge in [-0.05, 0) is 43.5 Å². The summed E-state index contributed by atoms with van der Waals surface area (Å²) in [7, 11) is 0. The van der Waals surface area contributed by atoms with Crippen LogP contribution >= 0.6 is 0 Å². The van der Waals surface area contributed by atoms with E-state index >= 15 is 0 Å². The summed E-state index contributed by atoms with van der Waals surface area (Å²) in [5, 5.41) is 11.7. The van der Waals surface area contributed by atoms with Gasteiger partial charge in [0.2, 0.25) is 0 Å². The molecule has 0 saturated carbocycles. The van der Waals surface area contributed by atoms with Crippen LogP contribution in [0.25, 0.3) is 0 Å². The molecule has 1 fully saturated rings. The van der Waals surface area contributed by atoms with Gasteiger partial charge in [-0.15, -0.1) is 0 Å². The van der Waals surface area contributed by atoms with E-state index in [1.54, 1.807) is 0 Å². The Morgan fingerprint density at radius 1 is 1.38 bits per heavy atom. The normalized spacial score (nSPS) is 20.8. The Hall–Kier alpha value is -2.06. The number of carbonyl (C=O) groups excluding carboxylic acids is 1. The standard InChI is InChI=1S/C16H20N2O3/c1-2-20-16(19)15-11-18-10-13(15)9-12-3-5-14(6-4-12)21-8-7-17/h3-6,13,15,18H,2,8-11H2,1H3/t13-,15+/m1/s1. The van der Waals surface area contributed by atoms with Crippen LogP contribution in [0, 0.1) is 23.2 Å². The third kappa shape index (κ3) is 4.20. The first-order valence-electron chi connectivity index (χ1n) is 7.20. The van der Waals surface area contributed by atoms with Crippen molar-refractivity contribution in [3.63, 3.8) is 0 Å². The van der Waals surface area contributed by atoms with Gasteiger partial charge in [0.1, 0.15) is 11.8 Å². The summed E-state index contributed by atoms with van der Waals surface area (Å²) in [5.74, 6) is 0.766. The highest BCUT2D eigenvalue weighted by Gasteiger charge is 2.33. The van der Waals surface area contributed by atoms with Crippen molar-refractivity contribution in [1.82, 2.24) is 5.32 Å². The Bertz CT molecular complexity index is 507. The minimum absolute atomic E-state index is 0.0524. The van der Waals surface area contributed by atoms with E-state index < -0.39 is 0 Å². The van der Waals surface area contributed by atoms with Gasteiger partial charge in [0.05, 0.1) is 12.5 Å². The Morgan fingerprint density at radius 3 is 2.81 bits per heavy atom. The quantitative estimate of drug-likeness (QED) is 0.804. The minimum Gasteiger partial charge on any atom is -0.479 e. The fourth-order valence-electron chi connectivity index (χ4n) is 2.61. The van der Waals surface area contributed by atoms with Gasteiger partial charge in [-0.25, -0.2) is 0 Å². The molecule has 1 aliphatic heterocycles. The molecule has 1 aliphatic rings. The van der Waals surface area contributed by atoms with E-state index in [-0.39, 0.29) is 24.4 Å². The molecule has 21 heavy (non-hydrogen) atoms. The number of benzene rings is 1. The van der Waals surface area contributed by atoms with Crippen LogP contribution < -0.4 is 10.1 Å². The zero-order valence-electron chi connectivity index (χ0n) is 12.2. The Kier molecular flexibility index (Phi) is 5.59. The average Bonchev–Trinajstić information content (AvgIpc) is 2.95. The van der Waals surface area contributed by atoms with E-state index in [0.29, 0.717) is 18.9 Å². The molecule has 2 rings (SSSR count). The summed E-state index contributed by atoms with van der Waals surface area (Å²) >= 11 is 0. The van der Waals surface area contributed by atoms with Gasteiger partial charge >= 0.3 is 5.97 Å². The Morgan fingerprint density at radius 2 is 2.14 bits per heavy atom. The molecule has 0 unspecified atom stereocenters. The fourth-order valence-corrected chi connectivity index (χ4v) is 2.61. The van der Waals surface area contributed by atoms with Crippen molar-refractivity contribution >= 4 is 5.97 Å². The zero-order chi connectivity index (χ0) is 15.1. The van der Waals surface area contributed by atoms with Crippen molar-refractivity contribution in [2.75, 3.05) is 26.3 Å². The van der Waals surface area contributed by atoms with Gasteiger partial charge in [-0.1, -0.05) is 12.1 Å². The Labute approximate surface area is 124 Å². The molecular weight excluding hydrogens is 268 g/mol. The van der Waals surface area contributed by atoms with Crippen LogP contribution in [0.3, 0.4) is 0 Å².